The molecule has 4 aromatic rings. The number of carbonyl (C=O) groups is 1. The van der Waals surface area contributed by atoms with E-state index in [0.717, 1.165) is 24.9 Å². The molecule has 33 heavy (non-hydrogen) atoms. The summed E-state index contributed by atoms with van der Waals surface area (Å²) in [5, 5.41) is 4.52. The Bertz CT molecular complexity index is 1190. The lowest BCUT2D eigenvalue weighted by Gasteiger charge is -2.24. The zero-order chi connectivity index (χ0) is 22.5. The van der Waals surface area contributed by atoms with E-state index in [2.05, 4.69) is 75.7 Å². The predicted octanol–water partition coefficient (Wildman–Crippen LogP) is 6.06. The van der Waals surface area contributed by atoms with Crippen molar-refractivity contribution >= 4 is 16.8 Å². The standard InChI is InChI=1S/C29H31N3O/c33-29(31-24-13-5-2-6-14-24)18-26(23-12-9-17-30-19-23)27-21-32(20-22-10-3-1-4-11-22)28-16-8-7-15-25(27)28/h1,3-4,7-12,15-17,19,21,24,26H,2,5-6,13-14,18,20H2,(H,31,33). The number of hydrogen-bond acceptors (Lipinski definition) is 2. The van der Waals surface area contributed by atoms with Crippen LogP contribution in [-0.2, 0) is 11.3 Å². The molecule has 1 saturated carbocycles. The molecule has 0 radical (unpaired) electrons. The molecular formula is C29H31N3O. The second-order valence-corrected chi connectivity index (χ2v) is 9.16. The number of aromatic nitrogens is 2. The van der Waals surface area contributed by atoms with Gasteiger partial charge in [0.1, 0.15) is 0 Å². The van der Waals surface area contributed by atoms with E-state index in [1.54, 1.807) is 6.20 Å². The van der Waals surface area contributed by atoms with Crippen molar-refractivity contribution in [3.63, 3.8) is 0 Å². The number of fused-ring (bicyclic) bond motifs is 1. The van der Waals surface area contributed by atoms with Crippen LogP contribution in [0.2, 0.25) is 0 Å². The van der Waals surface area contributed by atoms with E-state index in [1.807, 2.05) is 18.3 Å². The van der Waals surface area contributed by atoms with Crippen molar-refractivity contribution in [2.75, 3.05) is 0 Å². The summed E-state index contributed by atoms with van der Waals surface area (Å²) in [4.78, 5) is 17.5. The average Bonchev–Trinajstić information content (AvgIpc) is 3.22. The summed E-state index contributed by atoms with van der Waals surface area (Å²) in [5.41, 5.74) is 4.72. The minimum absolute atomic E-state index is 0.0378. The van der Waals surface area contributed by atoms with Gasteiger partial charge in [-0.3, -0.25) is 9.78 Å². The minimum Gasteiger partial charge on any atom is -0.353 e. The molecule has 0 aliphatic heterocycles. The minimum atomic E-state index is -0.0378. The van der Waals surface area contributed by atoms with Crippen molar-refractivity contribution in [3.8, 4) is 0 Å². The second-order valence-electron chi connectivity index (χ2n) is 9.16. The van der Waals surface area contributed by atoms with Crippen molar-refractivity contribution in [3.05, 3.63) is 102 Å². The summed E-state index contributed by atoms with van der Waals surface area (Å²) in [6.07, 6.45) is 12.3. The molecule has 168 valence electrons. The van der Waals surface area contributed by atoms with Gasteiger partial charge < -0.3 is 9.88 Å². The zero-order valence-corrected chi connectivity index (χ0v) is 19.0. The van der Waals surface area contributed by atoms with Gasteiger partial charge in [0.2, 0.25) is 5.91 Å². The third kappa shape index (κ3) is 5.00. The molecule has 5 rings (SSSR count). The van der Waals surface area contributed by atoms with Crippen LogP contribution in [0.1, 0.15) is 61.1 Å². The molecule has 1 aliphatic carbocycles. The van der Waals surface area contributed by atoms with Crippen molar-refractivity contribution < 1.29 is 4.79 Å². The highest BCUT2D eigenvalue weighted by Crippen LogP contribution is 2.35. The number of amides is 1. The van der Waals surface area contributed by atoms with Gasteiger partial charge in [-0.15, -0.1) is 0 Å². The van der Waals surface area contributed by atoms with E-state index in [4.69, 9.17) is 0 Å². The fraction of sp³-hybridized carbons (Fsp3) is 0.310. The summed E-state index contributed by atoms with van der Waals surface area (Å²) in [7, 11) is 0. The van der Waals surface area contributed by atoms with Crippen LogP contribution >= 0.6 is 0 Å². The summed E-state index contributed by atoms with van der Waals surface area (Å²) < 4.78 is 2.31. The van der Waals surface area contributed by atoms with Gasteiger partial charge >= 0.3 is 0 Å². The predicted molar refractivity (Wildman–Crippen MR) is 133 cm³/mol. The fourth-order valence-corrected chi connectivity index (χ4v) is 5.17. The number of carbonyl (C=O) groups excluding carboxylic acids is 1. The Balaban J connectivity index is 1.49. The van der Waals surface area contributed by atoms with Crippen molar-refractivity contribution in [2.24, 2.45) is 0 Å². The highest BCUT2D eigenvalue weighted by molar-refractivity contribution is 5.86. The first-order valence-electron chi connectivity index (χ1n) is 12.1. The van der Waals surface area contributed by atoms with E-state index in [9.17, 15) is 4.79 Å². The number of nitrogens with zero attached hydrogens (tertiary/aromatic N) is 2. The highest BCUT2D eigenvalue weighted by Gasteiger charge is 2.24. The van der Waals surface area contributed by atoms with Crippen LogP contribution in [0.15, 0.2) is 85.3 Å². The number of nitrogens with one attached hydrogen (secondary N) is 1. The van der Waals surface area contributed by atoms with Gasteiger partial charge in [0.15, 0.2) is 0 Å². The fourth-order valence-electron chi connectivity index (χ4n) is 5.17. The summed E-state index contributed by atoms with van der Waals surface area (Å²) in [5.74, 6) is 0.0971. The Hall–Kier alpha value is -3.40. The molecule has 1 N–H and O–H groups in total. The largest absolute Gasteiger partial charge is 0.353 e. The lowest BCUT2D eigenvalue weighted by Crippen LogP contribution is -2.36. The molecule has 0 spiro atoms. The number of rotatable bonds is 7. The molecule has 1 fully saturated rings. The van der Waals surface area contributed by atoms with Crippen LogP contribution in [0.5, 0.6) is 0 Å². The van der Waals surface area contributed by atoms with Gasteiger partial charge in [0, 0.05) is 54.4 Å². The number of hydrogen-bond donors (Lipinski definition) is 1. The molecular weight excluding hydrogens is 406 g/mol. The molecule has 0 bridgehead atoms. The Kier molecular flexibility index (Phi) is 6.52. The lowest BCUT2D eigenvalue weighted by atomic mass is 9.88. The Morgan fingerprint density at radius 2 is 1.76 bits per heavy atom. The molecule has 2 aromatic heterocycles. The van der Waals surface area contributed by atoms with E-state index in [1.165, 1.54) is 41.3 Å². The van der Waals surface area contributed by atoms with Crippen LogP contribution in [0.25, 0.3) is 10.9 Å². The molecule has 4 heteroatoms. The van der Waals surface area contributed by atoms with Gasteiger partial charge in [-0.1, -0.05) is 73.9 Å². The maximum atomic E-state index is 13.2. The van der Waals surface area contributed by atoms with Gasteiger partial charge in [-0.05, 0) is 41.7 Å². The molecule has 1 amide bonds. The van der Waals surface area contributed by atoms with Gasteiger partial charge in [-0.25, -0.2) is 0 Å². The first-order chi connectivity index (χ1) is 16.3. The van der Waals surface area contributed by atoms with Gasteiger partial charge in [0.25, 0.3) is 0 Å². The number of para-hydroxylation sites is 1. The topological polar surface area (TPSA) is 46.9 Å². The Labute approximate surface area is 195 Å². The van der Waals surface area contributed by atoms with Crippen molar-refractivity contribution in [2.45, 2.75) is 57.0 Å². The quantitative estimate of drug-likeness (QED) is 0.382. The normalized spacial score (nSPS) is 15.4. The van der Waals surface area contributed by atoms with Crippen LogP contribution in [0.3, 0.4) is 0 Å². The molecule has 1 unspecified atom stereocenters. The first kappa shape index (κ1) is 21.4. The number of benzene rings is 2. The summed E-state index contributed by atoms with van der Waals surface area (Å²) in [6, 6.07) is 23.4. The third-order valence-electron chi connectivity index (χ3n) is 6.84. The summed E-state index contributed by atoms with van der Waals surface area (Å²) in [6.45, 7) is 0.801. The monoisotopic (exact) mass is 437 g/mol. The molecule has 1 aliphatic rings. The SMILES string of the molecule is O=C(CC(c1cccnc1)c1cn(Cc2ccccc2)c2ccccc12)NC1CCCCC1. The molecule has 1 atom stereocenters. The van der Waals surface area contributed by atoms with E-state index >= 15 is 0 Å². The van der Waals surface area contributed by atoms with Gasteiger partial charge in [0.05, 0.1) is 0 Å². The molecule has 2 heterocycles. The van der Waals surface area contributed by atoms with Crippen LogP contribution < -0.4 is 5.32 Å². The average molecular weight is 438 g/mol. The smallest absolute Gasteiger partial charge is 0.221 e. The summed E-state index contributed by atoms with van der Waals surface area (Å²) >= 11 is 0. The third-order valence-corrected chi connectivity index (χ3v) is 6.84. The first-order valence-corrected chi connectivity index (χ1v) is 12.1. The van der Waals surface area contributed by atoms with E-state index in [0.29, 0.717) is 12.5 Å². The number of pyridine rings is 1. The van der Waals surface area contributed by atoms with Crippen molar-refractivity contribution in [1.29, 1.82) is 0 Å². The molecule has 2 aromatic carbocycles. The highest BCUT2D eigenvalue weighted by atomic mass is 16.1. The van der Waals surface area contributed by atoms with Crippen LogP contribution in [0, 0.1) is 0 Å². The maximum Gasteiger partial charge on any atom is 0.221 e. The maximum absolute atomic E-state index is 13.2. The Morgan fingerprint density at radius 3 is 2.55 bits per heavy atom. The van der Waals surface area contributed by atoms with Crippen molar-refractivity contribution in [1.82, 2.24) is 14.9 Å². The van der Waals surface area contributed by atoms with Crippen LogP contribution in [-0.4, -0.2) is 21.5 Å². The Morgan fingerprint density at radius 1 is 0.970 bits per heavy atom. The van der Waals surface area contributed by atoms with E-state index in [-0.39, 0.29) is 11.8 Å². The second kappa shape index (κ2) is 10.0. The van der Waals surface area contributed by atoms with E-state index < -0.39 is 0 Å². The molecule has 4 nitrogen and oxygen atoms in total. The van der Waals surface area contributed by atoms with Gasteiger partial charge in [-0.2, -0.15) is 0 Å². The van der Waals surface area contributed by atoms with Crippen LogP contribution in [0.4, 0.5) is 0 Å². The zero-order valence-electron chi connectivity index (χ0n) is 19.0. The lowest BCUT2D eigenvalue weighted by molar-refractivity contribution is -0.122. The molecule has 0 saturated heterocycles.